The number of hydrazone groups is 1. The van der Waals surface area contributed by atoms with Gasteiger partial charge in [0.05, 0.1) is 4.88 Å². The second kappa shape index (κ2) is 5.20. The molecule has 0 saturated heterocycles. The zero-order valence-electron chi connectivity index (χ0n) is 10.4. The van der Waals surface area contributed by atoms with Crippen LogP contribution in [0.15, 0.2) is 35.4 Å². The fourth-order valence-corrected chi connectivity index (χ4v) is 3.12. The Morgan fingerprint density at radius 1 is 1.17 bits per heavy atom. The van der Waals surface area contributed by atoms with E-state index in [1.54, 1.807) is 11.3 Å². The number of nitrogens with zero attached hydrogens (tertiary/aromatic N) is 1. The zero-order valence-corrected chi connectivity index (χ0v) is 11.2. The van der Waals surface area contributed by atoms with Crippen LogP contribution in [-0.4, -0.2) is 5.84 Å². The summed E-state index contributed by atoms with van der Waals surface area (Å²) in [6.45, 7) is 4.22. The Morgan fingerprint density at radius 2 is 1.83 bits per heavy atom. The van der Waals surface area contributed by atoms with E-state index in [-0.39, 0.29) is 0 Å². The molecule has 94 valence electrons. The molecular formula is C13H16N4S. The van der Waals surface area contributed by atoms with Gasteiger partial charge in [-0.05, 0) is 42.7 Å². The van der Waals surface area contributed by atoms with Crippen LogP contribution in [0.1, 0.15) is 16.0 Å². The Bertz CT molecular complexity index is 566. The van der Waals surface area contributed by atoms with Gasteiger partial charge in [-0.2, -0.15) is 5.10 Å². The molecule has 0 bridgehead atoms. The van der Waals surface area contributed by atoms with E-state index < -0.39 is 0 Å². The predicted molar refractivity (Wildman–Crippen MR) is 77.3 cm³/mol. The highest BCUT2D eigenvalue weighted by molar-refractivity contribution is 7.17. The molecule has 0 saturated carbocycles. The van der Waals surface area contributed by atoms with Crippen molar-refractivity contribution in [3.63, 3.8) is 0 Å². The molecule has 4 nitrogen and oxygen atoms in total. The van der Waals surface area contributed by atoms with Crippen LogP contribution < -0.4 is 17.1 Å². The average Bonchev–Trinajstić information content (AvgIpc) is 2.80. The van der Waals surface area contributed by atoms with Gasteiger partial charge < -0.3 is 11.3 Å². The van der Waals surface area contributed by atoms with Crippen molar-refractivity contribution in [1.29, 1.82) is 0 Å². The van der Waals surface area contributed by atoms with E-state index in [0.29, 0.717) is 5.84 Å². The van der Waals surface area contributed by atoms with Gasteiger partial charge in [0, 0.05) is 4.88 Å². The Labute approximate surface area is 110 Å². The number of benzene rings is 1. The molecule has 2 rings (SSSR count). The van der Waals surface area contributed by atoms with Crippen molar-refractivity contribution >= 4 is 17.2 Å². The summed E-state index contributed by atoms with van der Waals surface area (Å²) in [6.07, 6.45) is 0. The summed E-state index contributed by atoms with van der Waals surface area (Å²) in [4.78, 5) is 2.12. The monoisotopic (exact) mass is 260 g/mol. The summed E-state index contributed by atoms with van der Waals surface area (Å²) in [5, 5.41) is 3.62. The molecule has 0 atom stereocenters. The molecular weight excluding hydrogens is 244 g/mol. The molecule has 5 heteroatoms. The van der Waals surface area contributed by atoms with Crippen LogP contribution in [0.25, 0.3) is 10.4 Å². The van der Waals surface area contributed by atoms with Gasteiger partial charge in [0.1, 0.15) is 0 Å². The molecule has 1 aromatic carbocycles. The first-order valence-electron chi connectivity index (χ1n) is 5.58. The third-order valence-electron chi connectivity index (χ3n) is 2.83. The molecule has 0 radical (unpaired) electrons. The van der Waals surface area contributed by atoms with Crippen LogP contribution in [0.4, 0.5) is 0 Å². The van der Waals surface area contributed by atoms with E-state index in [9.17, 15) is 0 Å². The summed E-state index contributed by atoms with van der Waals surface area (Å²) in [5.74, 6) is 11.1. The predicted octanol–water partition coefficient (Wildman–Crippen LogP) is 2.12. The van der Waals surface area contributed by atoms with E-state index in [1.807, 2.05) is 6.07 Å². The SMILES string of the molecule is Cc1cccc(C)c1-c1ccc(/C(=N/N)NN)s1. The molecule has 1 heterocycles. The second-order valence-corrected chi connectivity index (χ2v) is 5.14. The number of hydrogen-bond acceptors (Lipinski definition) is 4. The second-order valence-electron chi connectivity index (χ2n) is 4.05. The maximum atomic E-state index is 5.37. The van der Waals surface area contributed by atoms with Crippen LogP contribution in [0.5, 0.6) is 0 Å². The minimum Gasteiger partial charge on any atom is -0.321 e. The molecule has 0 spiro atoms. The van der Waals surface area contributed by atoms with Crippen molar-refractivity contribution in [2.45, 2.75) is 13.8 Å². The largest absolute Gasteiger partial charge is 0.321 e. The molecule has 0 aliphatic rings. The van der Waals surface area contributed by atoms with Gasteiger partial charge in [0.2, 0.25) is 0 Å². The van der Waals surface area contributed by atoms with E-state index in [2.05, 4.69) is 48.6 Å². The fraction of sp³-hybridized carbons (Fsp3) is 0.154. The highest BCUT2D eigenvalue weighted by Crippen LogP contribution is 2.32. The topological polar surface area (TPSA) is 76.4 Å². The van der Waals surface area contributed by atoms with Crippen LogP contribution in [0, 0.1) is 13.8 Å². The first-order chi connectivity index (χ1) is 8.67. The maximum absolute atomic E-state index is 5.37. The lowest BCUT2D eigenvalue weighted by molar-refractivity contribution is 1.01. The maximum Gasteiger partial charge on any atom is 0.176 e. The first kappa shape index (κ1) is 12.6. The van der Waals surface area contributed by atoms with Gasteiger partial charge in [-0.15, -0.1) is 11.3 Å². The smallest absolute Gasteiger partial charge is 0.176 e. The Kier molecular flexibility index (Phi) is 3.64. The fourth-order valence-electron chi connectivity index (χ4n) is 1.97. The summed E-state index contributed by atoms with van der Waals surface area (Å²) >= 11 is 1.62. The Hall–Kier alpha value is -1.85. The van der Waals surface area contributed by atoms with Crippen molar-refractivity contribution in [1.82, 2.24) is 5.43 Å². The molecule has 0 aliphatic carbocycles. The van der Waals surface area contributed by atoms with E-state index in [4.69, 9.17) is 11.7 Å². The standard InChI is InChI=1S/C13H16N4S/c1-8-4-3-5-9(2)12(8)10-6-7-11(18-10)13(16-14)17-15/h3-7H,14-15H2,1-2H3,(H,16,17). The lowest BCUT2D eigenvalue weighted by atomic mass is 10.0. The van der Waals surface area contributed by atoms with Gasteiger partial charge in [0.25, 0.3) is 0 Å². The normalized spacial score (nSPS) is 11.6. The number of nitrogens with one attached hydrogen (secondary N) is 1. The van der Waals surface area contributed by atoms with E-state index >= 15 is 0 Å². The van der Waals surface area contributed by atoms with Gasteiger partial charge in [-0.3, -0.25) is 0 Å². The van der Waals surface area contributed by atoms with Crippen LogP contribution in [0.2, 0.25) is 0 Å². The van der Waals surface area contributed by atoms with Crippen molar-refractivity contribution in [2.75, 3.05) is 0 Å². The third-order valence-corrected chi connectivity index (χ3v) is 3.94. The van der Waals surface area contributed by atoms with Crippen LogP contribution >= 0.6 is 11.3 Å². The highest BCUT2D eigenvalue weighted by Gasteiger charge is 2.10. The lowest BCUT2D eigenvalue weighted by Gasteiger charge is -2.07. The Morgan fingerprint density at radius 3 is 2.39 bits per heavy atom. The van der Waals surface area contributed by atoms with Gasteiger partial charge in [-0.1, -0.05) is 18.2 Å². The first-order valence-corrected chi connectivity index (χ1v) is 6.40. The lowest BCUT2D eigenvalue weighted by Crippen LogP contribution is -2.31. The van der Waals surface area contributed by atoms with E-state index in [1.165, 1.54) is 21.6 Å². The van der Waals surface area contributed by atoms with Crippen molar-refractivity contribution < 1.29 is 0 Å². The molecule has 1 aromatic heterocycles. The van der Waals surface area contributed by atoms with Crippen LogP contribution in [0.3, 0.4) is 0 Å². The average molecular weight is 260 g/mol. The molecule has 0 aliphatic heterocycles. The molecule has 18 heavy (non-hydrogen) atoms. The molecule has 2 aromatic rings. The molecule has 0 unspecified atom stereocenters. The number of amidine groups is 1. The molecule has 0 fully saturated rings. The third kappa shape index (κ3) is 2.23. The Balaban J connectivity index is 2.48. The summed E-state index contributed by atoms with van der Waals surface area (Å²) in [7, 11) is 0. The van der Waals surface area contributed by atoms with Gasteiger partial charge in [0.15, 0.2) is 5.84 Å². The number of thiophene rings is 1. The van der Waals surface area contributed by atoms with Crippen molar-refractivity contribution in [3.8, 4) is 10.4 Å². The minimum absolute atomic E-state index is 0.498. The summed E-state index contributed by atoms with van der Waals surface area (Å²) in [6, 6.07) is 10.3. The zero-order chi connectivity index (χ0) is 13.1. The van der Waals surface area contributed by atoms with Crippen molar-refractivity contribution in [2.24, 2.45) is 16.8 Å². The summed E-state index contributed by atoms with van der Waals surface area (Å²) < 4.78 is 0. The van der Waals surface area contributed by atoms with Crippen LogP contribution in [-0.2, 0) is 0 Å². The number of rotatable bonds is 2. The summed E-state index contributed by atoms with van der Waals surface area (Å²) in [5.41, 5.74) is 6.28. The number of hydrogen-bond donors (Lipinski definition) is 3. The quantitative estimate of drug-likeness (QED) is 0.335. The molecule has 0 amide bonds. The number of nitrogens with two attached hydrogens (primary N) is 2. The number of aryl methyl sites for hydroxylation is 2. The van der Waals surface area contributed by atoms with Gasteiger partial charge >= 0.3 is 0 Å². The van der Waals surface area contributed by atoms with E-state index in [0.717, 1.165) is 4.88 Å². The molecule has 5 N–H and O–H groups in total. The van der Waals surface area contributed by atoms with Crippen molar-refractivity contribution in [3.05, 3.63) is 46.3 Å². The highest BCUT2D eigenvalue weighted by atomic mass is 32.1. The van der Waals surface area contributed by atoms with Gasteiger partial charge in [-0.25, -0.2) is 5.84 Å². The minimum atomic E-state index is 0.498. The number of hydrazine groups is 1.